The topological polar surface area (TPSA) is 197 Å². The van der Waals surface area contributed by atoms with Gasteiger partial charge in [0.2, 0.25) is 5.79 Å². The van der Waals surface area contributed by atoms with Crippen molar-refractivity contribution in [2.24, 2.45) is 0 Å². The molecule has 0 saturated carbocycles. The van der Waals surface area contributed by atoms with Gasteiger partial charge in [0.15, 0.2) is 29.2 Å². The third kappa shape index (κ3) is 3.78. The quantitative estimate of drug-likeness (QED) is 0.158. The first-order valence-corrected chi connectivity index (χ1v) is 12.6. The van der Waals surface area contributed by atoms with E-state index in [9.17, 15) is 33.4 Å². The number of benzene rings is 2. The van der Waals surface area contributed by atoms with Gasteiger partial charge in [-0.25, -0.2) is 13.6 Å². The van der Waals surface area contributed by atoms with Crippen molar-refractivity contribution in [2.45, 2.75) is 29.6 Å². The van der Waals surface area contributed by atoms with Gasteiger partial charge in [0.05, 0.1) is 24.2 Å². The minimum atomic E-state index is -2.89. The van der Waals surface area contributed by atoms with Crippen molar-refractivity contribution < 1.29 is 33.4 Å². The fourth-order valence-corrected chi connectivity index (χ4v) is 5.97. The molecule has 4 saturated heterocycles. The van der Waals surface area contributed by atoms with Gasteiger partial charge in [-0.05, 0) is 24.3 Å². The summed E-state index contributed by atoms with van der Waals surface area (Å²) in [5.41, 5.74) is -2.18. The number of rotatable bonds is 5. The summed E-state index contributed by atoms with van der Waals surface area (Å²) in [6.45, 7) is -0.894. The summed E-state index contributed by atoms with van der Waals surface area (Å²) >= 11 is 0. The summed E-state index contributed by atoms with van der Waals surface area (Å²) in [6, 6.07) is 7.26. The van der Waals surface area contributed by atoms with Crippen molar-refractivity contribution in [3.05, 3.63) is 65.7 Å². The van der Waals surface area contributed by atoms with Crippen LogP contribution in [-0.2, 0) is 4.79 Å². The van der Waals surface area contributed by atoms with Crippen molar-refractivity contribution in [1.29, 1.82) is 10.8 Å². The summed E-state index contributed by atoms with van der Waals surface area (Å²) in [4.78, 5) is 42.3. The van der Waals surface area contributed by atoms with Gasteiger partial charge in [0.25, 0.3) is 11.8 Å². The van der Waals surface area contributed by atoms with Gasteiger partial charge in [0.1, 0.15) is 12.6 Å². The van der Waals surface area contributed by atoms with Gasteiger partial charge in [0, 0.05) is 12.2 Å². The van der Waals surface area contributed by atoms with Crippen LogP contribution in [-0.4, -0.2) is 99.0 Å². The molecule has 0 aromatic heterocycles. The van der Waals surface area contributed by atoms with E-state index < -0.39 is 64.6 Å². The fraction of sp³-hybridized carbons (Fsp3) is 0.320. The highest BCUT2D eigenvalue weighted by Crippen LogP contribution is 2.43. The lowest BCUT2D eigenvalue weighted by atomic mass is 9.84. The summed E-state index contributed by atoms with van der Waals surface area (Å²) in [5.74, 6) is -7.91. The monoisotopic (exact) mass is 569 g/mol. The van der Waals surface area contributed by atoms with Crippen molar-refractivity contribution >= 4 is 35.5 Å². The van der Waals surface area contributed by atoms with Crippen molar-refractivity contribution in [3.63, 3.8) is 0 Å². The molecule has 0 bridgehead atoms. The molecule has 0 radical (unpaired) electrons. The molecule has 0 aliphatic carbocycles. The Hall–Kier alpha value is -4.83. The molecule has 6 rings (SSSR count). The maximum atomic E-state index is 14.3. The SMILES string of the molecule is N=C1N[C@H]2[C@H](CN3C(=O)CN(c4ccccc4)C3=O)NC(=N)N3CC(NC(=O)c4cccc(F)c4F)C(O)(O)[C@]23N1. The van der Waals surface area contributed by atoms with E-state index in [1.54, 1.807) is 30.3 Å². The standard InChI is InChI=1S/C25H25F2N9O5/c26-14-8-4-7-13(18(14)27)20(38)31-16-10-36-22(29)30-15(19-24(36,25(16,40)41)33-21(28)32-19)9-35-17(37)11-34(23(35)39)12-5-2-1-3-6-12/h1-8,15-16,19,40-41H,9-11H2,(H2,29,30)(H,31,38)(H3,28,32,33)/t15-,16?,19-,24-/m0/s1. The van der Waals surface area contributed by atoms with E-state index in [2.05, 4.69) is 21.3 Å². The predicted octanol–water partition coefficient (Wildman–Crippen LogP) is -1.37. The molecule has 1 spiro atoms. The summed E-state index contributed by atoms with van der Waals surface area (Å²) in [7, 11) is 0. The number of imide groups is 1. The first-order valence-electron chi connectivity index (χ1n) is 12.6. The van der Waals surface area contributed by atoms with Gasteiger partial charge in [-0.15, -0.1) is 0 Å². The van der Waals surface area contributed by atoms with Crippen LogP contribution >= 0.6 is 0 Å². The van der Waals surface area contributed by atoms with E-state index >= 15 is 0 Å². The average Bonchev–Trinajstić information content (AvgIpc) is 3.51. The summed E-state index contributed by atoms with van der Waals surface area (Å²) < 4.78 is 28.0. The van der Waals surface area contributed by atoms with Crippen LogP contribution in [0.3, 0.4) is 0 Å². The lowest BCUT2D eigenvalue weighted by Crippen LogP contribution is -2.81. The summed E-state index contributed by atoms with van der Waals surface area (Å²) in [5, 5.41) is 50.4. The minimum Gasteiger partial charge on any atom is -0.361 e. The van der Waals surface area contributed by atoms with Crippen molar-refractivity contribution in [3.8, 4) is 0 Å². The maximum Gasteiger partial charge on any atom is 0.331 e. The van der Waals surface area contributed by atoms with E-state index in [0.29, 0.717) is 5.69 Å². The molecule has 8 N–H and O–H groups in total. The number of guanidine groups is 2. The van der Waals surface area contributed by atoms with Gasteiger partial charge in [-0.3, -0.25) is 30.2 Å². The number of halogens is 2. The van der Waals surface area contributed by atoms with E-state index in [4.69, 9.17) is 10.8 Å². The Balaban J connectivity index is 1.28. The van der Waals surface area contributed by atoms with Gasteiger partial charge >= 0.3 is 6.03 Å². The largest absolute Gasteiger partial charge is 0.361 e. The van der Waals surface area contributed by atoms with E-state index in [1.807, 2.05) is 0 Å². The van der Waals surface area contributed by atoms with Crippen LogP contribution in [0.1, 0.15) is 10.4 Å². The molecular weight excluding hydrogens is 544 g/mol. The number of anilines is 1. The molecular formula is C25H25F2N9O5. The van der Waals surface area contributed by atoms with Crippen molar-refractivity contribution in [1.82, 2.24) is 31.1 Å². The first-order chi connectivity index (χ1) is 19.5. The van der Waals surface area contributed by atoms with Crippen LogP contribution in [0.25, 0.3) is 0 Å². The highest BCUT2D eigenvalue weighted by atomic mass is 19.2. The first kappa shape index (κ1) is 26.4. The highest BCUT2D eigenvalue weighted by Gasteiger charge is 2.74. The number of nitrogens with zero attached hydrogens (tertiary/aromatic N) is 3. The lowest BCUT2D eigenvalue weighted by molar-refractivity contribution is -0.232. The normalized spacial score (nSPS) is 28.2. The number of carbonyl (C=O) groups is 3. The Labute approximate surface area is 230 Å². The van der Waals surface area contributed by atoms with Crippen LogP contribution in [0.15, 0.2) is 48.5 Å². The molecule has 14 nitrogen and oxygen atoms in total. The molecule has 4 aliphatic heterocycles. The second-order valence-corrected chi connectivity index (χ2v) is 10.2. The molecule has 16 heteroatoms. The fourth-order valence-electron chi connectivity index (χ4n) is 5.97. The Morgan fingerprint density at radius 2 is 1.80 bits per heavy atom. The molecule has 2 aromatic rings. The van der Waals surface area contributed by atoms with E-state index in [-0.39, 0.29) is 31.6 Å². The molecule has 4 amide bonds. The molecule has 4 atom stereocenters. The second kappa shape index (κ2) is 9.10. The van der Waals surface area contributed by atoms with Crippen LogP contribution < -0.4 is 26.2 Å². The number of urea groups is 1. The van der Waals surface area contributed by atoms with Crippen molar-refractivity contribution in [2.75, 3.05) is 24.5 Å². The Kier molecular flexibility index (Phi) is 5.86. The minimum absolute atomic E-state index is 0.217. The highest BCUT2D eigenvalue weighted by molar-refractivity contribution is 6.12. The molecule has 4 aliphatic rings. The number of nitrogens with one attached hydrogen (secondary N) is 6. The zero-order valence-electron chi connectivity index (χ0n) is 21.2. The third-order valence-electron chi connectivity index (χ3n) is 7.90. The summed E-state index contributed by atoms with van der Waals surface area (Å²) in [6.07, 6.45) is 0. The van der Waals surface area contributed by atoms with Gasteiger partial charge in [-0.1, -0.05) is 24.3 Å². The Morgan fingerprint density at radius 3 is 2.54 bits per heavy atom. The van der Waals surface area contributed by atoms with E-state index in [0.717, 1.165) is 23.1 Å². The zero-order chi connectivity index (χ0) is 29.3. The molecule has 4 fully saturated rings. The van der Waals surface area contributed by atoms with Crippen LogP contribution in [0, 0.1) is 22.5 Å². The average molecular weight is 570 g/mol. The maximum absolute atomic E-state index is 14.3. The zero-order valence-corrected chi connectivity index (χ0v) is 21.2. The molecule has 41 heavy (non-hydrogen) atoms. The Bertz CT molecular complexity index is 1490. The number of carbonyl (C=O) groups excluding carboxylic acids is 3. The number of hydrogen-bond acceptors (Lipinski definition) is 7. The molecule has 4 heterocycles. The Morgan fingerprint density at radius 1 is 1.07 bits per heavy atom. The lowest BCUT2D eigenvalue weighted by Gasteiger charge is -2.51. The number of hydrogen-bond donors (Lipinski definition) is 8. The van der Waals surface area contributed by atoms with Crippen LogP contribution in [0.2, 0.25) is 0 Å². The molecule has 1 unspecified atom stereocenters. The van der Waals surface area contributed by atoms with Gasteiger partial charge < -0.3 is 36.4 Å². The smallest absolute Gasteiger partial charge is 0.331 e. The molecule has 214 valence electrons. The number of para-hydroxylation sites is 1. The second-order valence-electron chi connectivity index (χ2n) is 10.2. The van der Waals surface area contributed by atoms with Gasteiger partial charge in [-0.2, -0.15) is 0 Å². The van der Waals surface area contributed by atoms with E-state index in [1.165, 1.54) is 9.80 Å². The van der Waals surface area contributed by atoms with Crippen LogP contribution in [0.4, 0.5) is 19.3 Å². The van der Waals surface area contributed by atoms with Crippen LogP contribution in [0.5, 0.6) is 0 Å². The third-order valence-corrected chi connectivity index (χ3v) is 7.90. The number of amides is 4. The predicted molar refractivity (Wildman–Crippen MR) is 138 cm³/mol. The number of aliphatic hydroxyl groups is 2. The molecule has 2 aromatic carbocycles.